The van der Waals surface area contributed by atoms with Crippen LogP contribution in [0.4, 0.5) is 0 Å². The van der Waals surface area contributed by atoms with Crippen molar-refractivity contribution in [1.29, 1.82) is 0 Å². The van der Waals surface area contributed by atoms with Gasteiger partial charge >= 0.3 is 0 Å². The molecule has 1 nitrogen and oxygen atoms in total. The number of hydrogen-bond acceptors (Lipinski definition) is 1. The minimum atomic E-state index is 0.560. The molecule has 0 fully saturated rings. The molecule has 0 aliphatic heterocycles. The fraction of sp³-hybridized carbons (Fsp3) is 0.846. The molecule has 0 unspecified atom stereocenters. The van der Waals surface area contributed by atoms with Gasteiger partial charge in [0.25, 0.3) is 0 Å². The van der Waals surface area contributed by atoms with Crippen LogP contribution in [-0.2, 0) is 0 Å². The Balaban J connectivity index is 4.23. The van der Waals surface area contributed by atoms with Gasteiger partial charge in [-0.3, -0.25) is 0 Å². The maximum Gasteiger partial charge on any atom is 0.0230 e. The van der Waals surface area contributed by atoms with E-state index in [1.54, 1.807) is 0 Å². The third kappa shape index (κ3) is 4.69. The number of rotatable bonds is 6. The minimum Gasteiger partial charge on any atom is -0.373 e. The van der Waals surface area contributed by atoms with E-state index in [2.05, 4.69) is 53.0 Å². The average molecular weight is 197 g/mol. The molecule has 0 heterocycles. The Bertz CT molecular complexity index is 168. The van der Waals surface area contributed by atoms with Gasteiger partial charge in [-0.2, -0.15) is 0 Å². The molecule has 0 spiro atoms. The highest BCUT2D eigenvalue weighted by molar-refractivity contribution is 4.98. The second-order valence-corrected chi connectivity index (χ2v) is 5.12. The van der Waals surface area contributed by atoms with Crippen molar-refractivity contribution in [3.05, 3.63) is 12.3 Å². The number of nitrogens with zero attached hydrogens (tertiary/aromatic N) is 1. The number of allylic oxidation sites excluding steroid dienone is 1. The molecule has 0 aromatic carbocycles. The van der Waals surface area contributed by atoms with E-state index in [9.17, 15) is 0 Å². The molecule has 0 amide bonds. The summed E-state index contributed by atoms with van der Waals surface area (Å²) in [6.07, 6.45) is 1.25. The van der Waals surface area contributed by atoms with E-state index in [1.807, 2.05) is 0 Å². The first-order chi connectivity index (χ1) is 6.36. The summed E-state index contributed by atoms with van der Waals surface area (Å²) in [5, 5.41) is 0. The topological polar surface area (TPSA) is 3.24 Å². The molecular weight excluding hydrogens is 170 g/mol. The van der Waals surface area contributed by atoms with Crippen molar-refractivity contribution in [2.45, 2.75) is 54.0 Å². The average Bonchev–Trinajstić information content (AvgIpc) is 2.02. The molecule has 0 saturated carbocycles. The highest BCUT2D eigenvalue weighted by Crippen LogP contribution is 2.17. The lowest BCUT2D eigenvalue weighted by atomic mass is 10.1. The van der Waals surface area contributed by atoms with Crippen LogP contribution < -0.4 is 0 Å². The van der Waals surface area contributed by atoms with Gasteiger partial charge in [0.15, 0.2) is 0 Å². The van der Waals surface area contributed by atoms with E-state index >= 15 is 0 Å². The Morgan fingerprint density at radius 3 is 1.86 bits per heavy atom. The molecule has 84 valence electrons. The maximum absolute atomic E-state index is 4.18. The van der Waals surface area contributed by atoms with Crippen LogP contribution in [0.3, 0.4) is 0 Å². The van der Waals surface area contributed by atoms with Gasteiger partial charge in [0, 0.05) is 18.3 Å². The summed E-state index contributed by atoms with van der Waals surface area (Å²) >= 11 is 0. The highest BCUT2D eigenvalue weighted by Gasteiger charge is 2.14. The van der Waals surface area contributed by atoms with Gasteiger partial charge in [-0.15, -0.1) is 0 Å². The fourth-order valence-electron chi connectivity index (χ4n) is 1.46. The first-order valence-corrected chi connectivity index (χ1v) is 5.81. The monoisotopic (exact) mass is 197 g/mol. The largest absolute Gasteiger partial charge is 0.373 e. The van der Waals surface area contributed by atoms with Crippen molar-refractivity contribution in [2.24, 2.45) is 11.8 Å². The zero-order valence-electron chi connectivity index (χ0n) is 10.8. The van der Waals surface area contributed by atoms with E-state index in [-0.39, 0.29) is 0 Å². The van der Waals surface area contributed by atoms with E-state index in [0.29, 0.717) is 12.0 Å². The molecule has 1 heteroatoms. The Morgan fingerprint density at radius 2 is 1.57 bits per heavy atom. The Hall–Kier alpha value is -0.460. The summed E-state index contributed by atoms with van der Waals surface area (Å²) in [6.45, 7) is 18.8. The summed E-state index contributed by atoms with van der Waals surface area (Å²) in [5.74, 6) is 1.33. The minimum absolute atomic E-state index is 0.560. The van der Waals surface area contributed by atoms with Gasteiger partial charge in [0.1, 0.15) is 0 Å². The summed E-state index contributed by atoms with van der Waals surface area (Å²) in [5.41, 5.74) is 1.28. The zero-order chi connectivity index (χ0) is 11.3. The summed E-state index contributed by atoms with van der Waals surface area (Å²) in [7, 11) is 0. The Morgan fingerprint density at radius 1 is 1.07 bits per heavy atom. The second-order valence-electron chi connectivity index (χ2n) is 5.12. The van der Waals surface area contributed by atoms with Gasteiger partial charge < -0.3 is 4.90 Å². The Labute approximate surface area is 90.2 Å². The summed E-state index contributed by atoms with van der Waals surface area (Å²) < 4.78 is 0. The zero-order valence-corrected chi connectivity index (χ0v) is 10.8. The third-order valence-electron chi connectivity index (χ3n) is 2.61. The molecule has 0 radical (unpaired) electrons. The SMILES string of the molecule is C=C(C(C)C)N(CCC(C)C)C(C)C. The van der Waals surface area contributed by atoms with E-state index in [1.165, 1.54) is 12.1 Å². The number of hydrogen-bond donors (Lipinski definition) is 0. The molecule has 0 aliphatic carbocycles. The van der Waals surface area contributed by atoms with Crippen LogP contribution in [-0.4, -0.2) is 17.5 Å². The standard InChI is InChI=1S/C13H27N/c1-10(2)8-9-14(12(5)6)13(7)11(3)4/h10-12H,7-9H2,1-6H3. The van der Waals surface area contributed by atoms with Crippen molar-refractivity contribution >= 4 is 0 Å². The highest BCUT2D eigenvalue weighted by atomic mass is 15.2. The van der Waals surface area contributed by atoms with Crippen molar-refractivity contribution in [1.82, 2.24) is 4.90 Å². The predicted octanol–water partition coefficient (Wildman–Crippen LogP) is 3.91. The second kappa shape index (κ2) is 6.10. The lowest BCUT2D eigenvalue weighted by Crippen LogP contribution is -2.33. The van der Waals surface area contributed by atoms with Gasteiger partial charge in [0.05, 0.1) is 0 Å². The first kappa shape index (κ1) is 13.5. The van der Waals surface area contributed by atoms with Crippen LogP contribution in [0.5, 0.6) is 0 Å². The lowest BCUT2D eigenvalue weighted by molar-refractivity contribution is 0.246. The van der Waals surface area contributed by atoms with Crippen LogP contribution in [0.1, 0.15) is 48.0 Å². The fourth-order valence-corrected chi connectivity index (χ4v) is 1.46. The Kier molecular flexibility index (Phi) is 5.90. The van der Waals surface area contributed by atoms with E-state index in [4.69, 9.17) is 0 Å². The molecule has 0 rings (SSSR count). The molecule has 0 aromatic heterocycles. The van der Waals surface area contributed by atoms with Gasteiger partial charge in [-0.25, -0.2) is 0 Å². The first-order valence-electron chi connectivity index (χ1n) is 5.81. The molecule has 0 N–H and O–H groups in total. The molecule has 0 bridgehead atoms. The third-order valence-corrected chi connectivity index (χ3v) is 2.61. The van der Waals surface area contributed by atoms with Crippen LogP contribution in [0.15, 0.2) is 12.3 Å². The van der Waals surface area contributed by atoms with Crippen LogP contribution in [0.25, 0.3) is 0 Å². The normalized spacial score (nSPS) is 11.5. The van der Waals surface area contributed by atoms with Crippen LogP contribution >= 0.6 is 0 Å². The molecule has 0 saturated heterocycles. The van der Waals surface area contributed by atoms with E-state index in [0.717, 1.165) is 12.5 Å². The maximum atomic E-state index is 4.18. The van der Waals surface area contributed by atoms with Crippen molar-refractivity contribution < 1.29 is 0 Å². The van der Waals surface area contributed by atoms with Gasteiger partial charge in [-0.05, 0) is 32.1 Å². The summed E-state index contributed by atoms with van der Waals surface area (Å²) in [6, 6.07) is 0.573. The van der Waals surface area contributed by atoms with Crippen molar-refractivity contribution in [2.75, 3.05) is 6.54 Å². The predicted molar refractivity (Wildman–Crippen MR) is 65.3 cm³/mol. The van der Waals surface area contributed by atoms with Crippen molar-refractivity contribution in [3.63, 3.8) is 0 Å². The molecule has 0 aromatic rings. The van der Waals surface area contributed by atoms with Crippen LogP contribution in [0, 0.1) is 11.8 Å². The van der Waals surface area contributed by atoms with E-state index < -0.39 is 0 Å². The quantitative estimate of drug-likeness (QED) is 0.624. The van der Waals surface area contributed by atoms with Crippen LogP contribution in [0.2, 0.25) is 0 Å². The lowest BCUT2D eigenvalue weighted by Gasteiger charge is -2.33. The van der Waals surface area contributed by atoms with Gasteiger partial charge in [0.2, 0.25) is 0 Å². The molecular formula is C13H27N. The van der Waals surface area contributed by atoms with Gasteiger partial charge in [-0.1, -0.05) is 34.3 Å². The molecule has 0 aliphatic rings. The molecule has 14 heavy (non-hydrogen) atoms. The molecule has 0 atom stereocenters. The smallest absolute Gasteiger partial charge is 0.0230 e. The van der Waals surface area contributed by atoms with Crippen molar-refractivity contribution in [3.8, 4) is 0 Å². The summed E-state index contributed by atoms with van der Waals surface area (Å²) in [4.78, 5) is 2.44.